The van der Waals surface area contributed by atoms with Crippen LogP contribution in [0.25, 0.3) is 22.4 Å². The topological polar surface area (TPSA) is 162 Å². The molecule has 2 aromatic heterocycles. The number of carbonyl (C=O) groups excluding carboxylic acids is 2. The maximum atomic E-state index is 13.1. The highest BCUT2D eigenvalue weighted by molar-refractivity contribution is 7.89. The van der Waals surface area contributed by atoms with Gasteiger partial charge in [-0.3, -0.25) is 28.6 Å². The number of rotatable bonds is 8. The molecule has 0 saturated carbocycles. The van der Waals surface area contributed by atoms with Crippen molar-refractivity contribution < 1.29 is 22.7 Å². The number of methoxy groups -OCH3 is 1. The number of hydrogen-bond donors (Lipinski definition) is 2. The van der Waals surface area contributed by atoms with E-state index in [9.17, 15) is 27.6 Å². The Morgan fingerprint density at radius 1 is 1.00 bits per heavy atom. The van der Waals surface area contributed by atoms with Gasteiger partial charge in [0.1, 0.15) is 5.56 Å². The highest BCUT2D eigenvalue weighted by Crippen LogP contribution is 2.46. The lowest BCUT2D eigenvalue weighted by molar-refractivity contribution is -0.129. The Balaban J connectivity index is 1.27. The molecule has 6 rings (SSSR count). The fourth-order valence-corrected chi connectivity index (χ4v) is 7.50. The minimum atomic E-state index is -3.62. The SMILES string of the molecule is COc1nc(-c2cccc(-c3cccc(NC(=O)c4cn(C)c(=O)n(C)c4=O)c3Cl)c2Cl)cc2c1[C@H](N1CC(C(=O)NS(C)(=O)=O)C1)CC2. The average Bonchev–Trinajstić information content (AvgIpc) is 3.44. The maximum absolute atomic E-state index is 13.1. The van der Waals surface area contributed by atoms with Crippen LogP contribution in [0, 0.1) is 5.92 Å². The van der Waals surface area contributed by atoms with E-state index < -0.39 is 39.0 Å². The number of fused-ring (bicyclic) bond motifs is 1. The molecular formula is C33H32Cl2N6O7S. The van der Waals surface area contributed by atoms with Gasteiger partial charge in [0.05, 0.1) is 40.7 Å². The first kappa shape index (κ1) is 34.4. The summed E-state index contributed by atoms with van der Waals surface area (Å²) in [5.74, 6) is -1.21. The Kier molecular flexibility index (Phi) is 9.17. The number of likely N-dealkylation sites (tertiary alicyclic amines) is 1. The Morgan fingerprint density at radius 2 is 1.65 bits per heavy atom. The number of halogens is 2. The van der Waals surface area contributed by atoms with Crippen LogP contribution in [0.3, 0.4) is 0 Å². The van der Waals surface area contributed by atoms with Gasteiger partial charge in [0.2, 0.25) is 21.8 Å². The molecule has 2 amide bonds. The third-order valence-electron chi connectivity index (χ3n) is 8.83. The van der Waals surface area contributed by atoms with Crippen molar-refractivity contribution in [3.63, 3.8) is 0 Å². The van der Waals surface area contributed by atoms with Crippen molar-refractivity contribution in [2.75, 3.05) is 31.8 Å². The highest BCUT2D eigenvalue weighted by Gasteiger charge is 2.42. The standard InChI is InChI=1S/C33H32Cl2N6O7S/c1-39-16-22(32(44)40(2)33(39)45)30(43)36-23-10-6-8-20(28(23)35)19-7-5-9-21(27(19)34)24-13-17-11-12-25(26(17)31(37-24)48-3)41-14-18(15-41)29(42)38-49(4,46)47/h5-10,13,16,18,25H,11-12,14-15H2,1-4H3,(H,36,43)(H,38,42)/t25-/m1/s1. The van der Waals surface area contributed by atoms with Crippen molar-refractivity contribution in [3.8, 4) is 28.3 Å². The number of aromatic nitrogens is 3. The number of aryl methyl sites for hydroxylation is 2. The highest BCUT2D eigenvalue weighted by atomic mass is 35.5. The van der Waals surface area contributed by atoms with Gasteiger partial charge < -0.3 is 14.6 Å². The summed E-state index contributed by atoms with van der Waals surface area (Å²) in [5.41, 5.74) is 3.01. The molecule has 0 spiro atoms. The molecule has 3 heterocycles. The van der Waals surface area contributed by atoms with E-state index in [0.29, 0.717) is 46.4 Å². The second-order valence-electron chi connectivity index (χ2n) is 12.1. The maximum Gasteiger partial charge on any atom is 0.330 e. The van der Waals surface area contributed by atoms with Crippen LogP contribution in [-0.2, 0) is 35.3 Å². The zero-order valence-corrected chi connectivity index (χ0v) is 29.2. The monoisotopic (exact) mass is 726 g/mol. The molecule has 2 aliphatic rings. The molecule has 1 fully saturated rings. The summed E-state index contributed by atoms with van der Waals surface area (Å²) >= 11 is 13.8. The zero-order valence-electron chi connectivity index (χ0n) is 26.9. The van der Waals surface area contributed by atoms with Crippen LogP contribution in [0.4, 0.5) is 5.69 Å². The van der Waals surface area contributed by atoms with E-state index in [-0.39, 0.29) is 22.3 Å². The zero-order chi connectivity index (χ0) is 35.4. The van der Waals surface area contributed by atoms with Gasteiger partial charge in [0, 0.05) is 61.7 Å². The third kappa shape index (κ3) is 6.48. The van der Waals surface area contributed by atoms with Crippen molar-refractivity contribution >= 4 is 50.7 Å². The van der Waals surface area contributed by atoms with Crippen molar-refractivity contribution in [2.24, 2.45) is 20.0 Å². The summed E-state index contributed by atoms with van der Waals surface area (Å²) in [4.78, 5) is 57.1. The Labute approximate surface area is 291 Å². The van der Waals surface area contributed by atoms with Crippen molar-refractivity contribution in [1.29, 1.82) is 0 Å². The number of carbonyl (C=O) groups is 2. The normalized spacial score (nSPS) is 16.2. The molecule has 0 unspecified atom stereocenters. The van der Waals surface area contributed by atoms with Gasteiger partial charge in [-0.1, -0.05) is 53.5 Å². The second kappa shape index (κ2) is 13.1. The Hall–Kier alpha value is -4.50. The van der Waals surface area contributed by atoms with E-state index in [0.717, 1.165) is 39.4 Å². The van der Waals surface area contributed by atoms with Gasteiger partial charge >= 0.3 is 5.69 Å². The number of nitrogens with zero attached hydrogens (tertiary/aromatic N) is 4. The largest absolute Gasteiger partial charge is 0.481 e. The predicted octanol–water partition coefficient (Wildman–Crippen LogP) is 3.38. The third-order valence-corrected chi connectivity index (χ3v) is 10.2. The molecule has 256 valence electrons. The van der Waals surface area contributed by atoms with Crippen molar-refractivity contribution in [3.05, 3.63) is 96.2 Å². The molecule has 49 heavy (non-hydrogen) atoms. The van der Waals surface area contributed by atoms with Gasteiger partial charge in [-0.05, 0) is 30.5 Å². The number of benzene rings is 2. The second-order valence-corrected chi connectivity index (χ2v) is 14.6. The summed E-state index contributed by atoms with van der Waals surface area (Å²) in [6.07, 6.45) is 3.66. The van der Waals surface area contributed by atoms with Gasteiger partial charge in [-0.2, -0.15) is 0 Å². The van der Waals surface area contributed by atoms with Crippen LogP contribution in [0.1, 0.15) is 33.9 Å². The van der Waals surface area contributed by atoms with E-state index in [1.54, 1.807) is 31.4 Å². The van der Waals surface area contributed by atoms with E-state index in [4.69, 9.17) is 32.9 Å². The number of nitrogens with one attached hydrogen (secondary N) is 2. The number of ether oxygens (including phenoxy) is 1. The number of sulfonamides is 1. The van der Waals surface area contributed by atoms with Crippen LogP contribution in [0.5, 0.6) is 5.88 Å². The average molecular weight is 728 g/mol. The molecule has 2 N–H and O–H groups in total. The van der Waals surface area contributed by atoms with Gasteiger partial charge in [-0.15, -0.1) is 0 Å². The van der Waals surface area contributed by atoms with Crippen molar-refractivity contribution in [2.45, 2.75) is 18.9 Å². The van der Waals surface area contributed by atoms with Crippen LogP contribution in [0.2, 0.25) is 10.0 Å². The predicted molar refractivity (Wildman–Crippen MR) is 186 cm³/mol. The molecule has 2 aromatic carbocycles. The van der Waals surface area contributed by atoms with Gasteiger partial charge in [0.15, 0.2) is 0 Å². The minimum Gasteiger partial charge on any atom is -0.481 e. The minimum absolute atomic E-state index is 0.0340. The summed E-state index contributed by atoms with van der Waals surface area (Å²) in [6, 6.07) is 12.4. The summed E-state index contributed by atoms with van der Waals surface area (Å²) in [7, 11) is 0.658. The summed E-state index contributed by atoms with van der Waals surface area (Å²) in [5, 5.41) is 3.24. The smallest absolute Gasteiger partial charge is 0.330 e. The van der Waals surface area contributed by atoms with E-state index in [2.05, 4.69) is 14.9 Å². The summed E-state index contributed by atoms with van der Waals surface area (Å²) < 4.78 is 32.8. The molecule has 4 aromatic rings. The Bertz CT molecular complexity index is 2260. The number of pyridine rings is 1. The quantitative estimate of drug-likeness (QED) is 0.277. The van der Waals surface area contributed by atoms with Crippen LogP contribution >= 0.6 is 23.2 Å². The summed E-state index contributed by atoms with van der Waals surface area (Å²) in [6.45, 7) is 0.846. The molecule has 1 atom stereocenters. The molecule has 1 saturated heterocycles. The van der Waals surface area contributed by atoms with Crippen LogP contribution < -0.4 is 26.0 Å². The van der Waals surface area contributed by atoms with Crippen LogP contribution in [0.15, 0.2) is 58.3 Å². The lowest BCUT2D eigenvalue weighted by Gasteiger charge is -2.42. The lowest BCUT2D eigenvalue weighted by atomic mass is 9.94. The van der Waals surface area contributed by atoms with Crippen molar-refractivity contribution in [1.82, 2.24) is 23.7 Å². The molecule has 1 aliphatic carbocycles. The van der Waals surface area contributed by atoms with Crippen LogP contribution in [-0.4, -0.2) is 65.7 Å². The fourth-order valence-electron chi connectivity index (χ4n) is 6.37. The Morgan fingerprint density at radius 3 is 2.33 bits per heavy atom. The fraction of sp³-hybridized carbons (Fsp3) is 0.303. The first-order chi connectivity index (χ1) is 23.2. The molecule has 0 bridgehead atoms. The van der Waals surface area contributed by atoms with Gasteiger partial charge in [0.25, 0.3) is 11.5 Å². The van der Waals surface area contributed by atoms with E-state index in [1.165, 1.54) is 20.3 Å². The first-order valence-electron chi connectivity index (χ1n) is 15.2. The molecule has 1 aliphatic heterocycles. The number of hydrogen-bond acceptors (Lipinski definition) is 9. The molecule has 13 nitrogen and oxygen atoms in total. The lowest BCUT2D eigenvalue weighted by Crippen LogP contribution is -2.55. The molecular weight excluding hydrogens is 695 g/mol. The number of amides is 2. The number of anilines is 1. The first-order valence-corrected chi connectivity index (χ1v) is 17.8. The molecule has 16 heteroatoms. The molecule has 0 radical (unpaired) electrons. The van der Waals surface area contributed by atoms with Gasteiger partial charge in [-0.25, -0.2) is 18.2 Å². The van der Waals surface area contributed by atoms with E-state index >= 15 is 0 Å². The van der Waals surface area contributed by atoms with E-state index in [1.807, 2.05) is 18.2 Å².